The summed E-state index contributed by atoms with van der Waals surface area (Å²) >= 11 is 5.86. The van der Waals surface area contributed by atoms with Gasteiger partial charge in [-0.1, -0.05) is 34.9 Å². The number of carbonyl (C=O) groups is 1. The summed E-state index contributed by atoms with van der Waals surface area (Å²) < 4.78 is 28.3. The summed E-state index contributed by atoms with van der Waals surface area (Å²) in [6.45, 7) is 0. The molecular formula is C17H14ClN3O4S. The molecule has 0 unspecified atom stereocenters. The van der Waals surface area contributed by atoms with Crippen LogP contribution < -0.4 is 5.32 Å². The average molecular weight is 392 g/mol. The van der Waals surface area contributed by atoms with Gasteiger partial charge in [-0.2, -0.15) is 0 Å². The fourth-order valence-corrected chi connectivity index (χ4v) is 3.02. The Labute approximate surface area is 154 Å². The predicted octanol–water partition coefficient (Wildman–Crippen LogP) is 2.97. The molecule has 0 bridgehead atoms. The molecule has 0 fully saturated rings. The SMILES string of the molecule is CS(=O)(=O)c1ccc(Cc2nnc(NC(=O)c3cccc(Cl)c3)o2)cc1. The molecule has 134 valence electrons. The molecule has 0 atom stereocenters. The van der Waals surface area contributed by atoms with Gasteiger partial charge in [0.1, 0.15) is 0 Å². The van der Waals surface area contributed by atoms with Gasteiger partial charge < -0.3 is 4.42 Å². The largest absolute Gasteiger partial charge is 0.407 e. The van der Waals surface area contributed by atoms with Crippen molar-refractivity contribution in [3.63, 3.8) is 0 Å². The van der Waals surface area contributed by atoms with Crippen LogP contribution in [0.5, 0.6) is 0 Å². The molecule has 0 aliphatic heterocycles. The van der Waals surface area contributed by atoms with Gasteiger partial charge in [-0.3, -0.25) is 10.1 Å². The van der Waals surface area contributed by atoms with Crippen molar-refractivity contribution in [1.29, 1.82) is 0 Å². The number of nitrogens with zero attached hydrogens (tertiary/aromatic N) is 2. The summed E-state index contributed by atoms with van der Waals surface area (Å²) in [7, 11) is -3.24. The van der Waals surface area contributed by atoms with Gasteiger partial charge in [0.2, 0.25) is 5.89 Å². The Balaban J connectivity index is 1.67. The van der Waals surface area contributed by atoms with E-state index in [9.17, 15) is 13.2 Å². The molecular weight excluding hydrogens is 378 g/mol. The number of hydrogen-bond donors (Lipinski definition) is 1. The van der Waals surface area contributed by atoms with Gasteiger partial charge in [-0.15, -0.1) is 5.10 Å². The third-order valence-corrected chi connectivity index (χ3v) is 4.84. The second kappa shape index (κ2) is 7.27. The van der Waals surface area contributed by atoms with E-state index < -0.39 is 15.7 Å². The molecule has 0 aliphatic carbocycles. The summed E-state index contributed by atoms with van der Waals surface area (Å²) in [5.74, 6) is -0.126. The van der Waals surface area contributed by atoms with Crippen molar-refractivity contribution in [2.45, 2.75) is 11.3 Å². The van der Waals surface area contributed by atoms with Crippen LogP contribution >= 0.6 is 11.6 Å². The first kappa shape index (κ1) is 18.1. The standard InChI is InChI=1S/C17H14ClN3O4S/c1-26(23,24)14-7-5-11(6-8-14)9-15-20-21-17(25-15)19-16(22)12-3-2-4-13(18)10-12/h2-8,10H,9H2,1H3,(H,19,21,22). The van der Waals surface area contributed by atoms with Crippen molar-refractivity contribution in [1.82, 2.24) is 10.2 Å². The van der Waals surface area contributed by atoms with Gasteiger partial charge in [0.05, 0.1) is 11.3 Å². The van der Waals surface area contributed by atoms with Crippen LogP contribution in [0.25, 0.3) is 0 Å². The van der Waals surface area contributed by atoms with Gasteiger partial charge >= 0.3 is 6.01 Å². The minimum Gasteiger partial charge on any atom is -0.407 e. The van der Waals surface area contributed by atoms with Crippen LogP contribution in [0.4, 0.5) is 6.01 Å². The molecule has 0 saturated heterocycles. The van der Waals surface area contributed by atoms with E-state index in [1.54, 1.807) is 30.3 Å². The van der Waals surface area contributed by atoms with Crippen LogP contribution in [0.1, 0.15) is 21.8 Å². The van der Waals surface area contributed by atoms with Crippen LogP contribution in [0.3, 0.4) is 0 Å². The lowest BCUT2D eigenvalue weighted by Gasteiger charge is -2.01. The molecule has 26 heavy (non-hydrogen) atoms. The van der Waals surface area contributed by atoms with E-state index in [0.29, 0.717) is 22.9 Å². The molecule has 3 aromatic rings. The summed E-state index contributed by atoms with van der Waals surface area (Å²) in [6, 6.07) is 12.8. The number of halogens is 1. The number of nitrogens with one attached hydrogen (secondary N) is 1. The number of aromatic nitrogens is 2. The smallest absolute Gasteiger partial charge is 0.322 e. The molecule has 9 heteroatoms. The second-order valence-electron chi connectivity index (χ2n) is 5.56. The van der Waals surface area contributed by atoms with E-state index in [0.717, 1.165) is 11.8 Å². The highest BCUT2D eigenvalue weighted by Crippen LogP contribution is 2.16. The van der Waals surface area contributed by atoms with Gasteiger partial charge in [-0.05, 0) is 35.9 Å². The molecule has 0 aliphatic rings. The average Bonchev–Trinajstić information content (AvgIpc) is 3.01. The zero-order valence-corrected chi connectivity index (χ0v) is 15.2. The molecule has 7 nitrogen and oxygen atoms in total. The van der Waals surface area contributed by atoms with Crippen molar-refractivity contribution >= 4 is 33.4 Å². The molecule has 3 rings (SSSR count). The summed E-state index contributed by atoms with van der Waals surface area (Å²) in [4.78, 5) is 12.3. The summed E-state index contributed by atoms with van der Waals surface area (Å²) in [5.41, 5.74) is 1.17. The van der Waals surface area contributed by atoms with Crippen LogP contribution in [-0.2, 0) is 16.3 Å². The predicted molar refractivity (Wildman–Crippen MR) is 96.1 cm³/mol. The lowest BCUT2D eigenvalue weighted by Crippen LogP contribution is -2.11. The first-order valence-corrected chi connectivity index (χ1v) is 9.76. The monoisotopic (exact) mass is 391 g/mol. The number of benzene rings is 2. The Morgan fingerprint density at radius 1 is 1.15 bits per heavy atom. The second-order valence-corrected chi connectivity index (χ2v) is 8.01. The molecule has 1 aromatic heterocycles. The van der Waals surface area contributed by atoms with Gasteiger partial charge in [0, 0.05) is 16.8 Å². The molecule has 0 spiro atoms. The Hall–Kier alpha value is -2.71. The minimum absolute atomic E-state index is 0.0299. The van der Waals surface area contributed by atoms with Crippen molar-refractivity contribution in [3.05, 3.63) is 70.6 Å². The van der Waals surface area contributed by atoms with E-state index >= 15 is 0 Å². The Kier molecular flexibility index (Phi) is 5.06. The third kappa shape index (κ3) is 4.47. The molecule has 1 amide bonds. The molecule has 1 N–H and O–H groups in total. The van der Waals surface area contributed by atoms with E-state index in [1.807, 2.05) is 0 Å². The quantitative estimate of drug-likeness (QED) is 0.717. The maximum absolute atomic E-state index is 12.1. The van der Waals surface area contributed by atoms with Gasteiger partial charge in [-0.25, -0.2) is 8.42 Å². The highest BCUT2D eigenvalue weighted by molar-refractivity contribution is 7.90. The number of amides is 1. The highest BCUT2D eigenvalue weighted by Gasteiger charge is 2.13. The maximum atomic E-state index is 12.1. The zero-order valence-electron chi connectivity index (χ0n) is 13.6. The zero-order chi connectivity index (χ0) is 18.7. The van der Waals surface area contributed by atoms with Crippen molar-refractivity contribution in [2.75, 3.05) is 11.6 Å². The molecule has 0 saturated carbocycles. The van der Waals surface area contributed by atoms with Crippen LogP contribution in [0.15, 0.2) is 57.8 Å². The van der Waals surface area contributed by atoms with Crippen molar-refractivity contribution in [2.24, 2.45) is 0 Å². The fraction of sp³-hybridized carbons (Fsp3) is 0.118. The fourth-order valence-electron chi connectivity index (χ4n) is 2.20. The highest BCUT2D eigenvalue weighted by atomic mass is 35.5. The molecule has 1 heterocycles. The van der Waals surface area contributed by atoms with Crippen LogP contribution in [-0.4, -0.2) is 30.8 Å². The van der Waals surface area contributed by atoms with E-state index in [2.05, 4.69) is 15.5 Å². The first-order chi connectivity index (χ1) is 12.3. The molecule has 2 aromatic carbocycles. The normalized spacial score (nSPS) is 11.3. The van der Waals surface area contributed by atoms with Crippen molar-refractivity contribution < 1.29 is 17.6 Å². The summed E-state index contributed by atoms with van der Waals surface area (Å²) in [6.07, 6.45) is 1.46. The third-order valence-electron chi connectivity index (χ3n) is 3.48. The molecule has 0 radical (unpaired) electrons. The topological polar surface area (TPSA) is 102 Å². The number of hydrogen-bond acceptors (Lipinski definition) is 6. The number of anilines is 1. The van der Waals surface area contributed by atoms with Crippen LogP contribution in [0.2, 0.25) is 5.02 Å². The van der Waals surface area contributed by atoms with E-state index in [-0.39, 0.29) is 10.9 Å². The van der Waals surface area contributed by atoms with Crippen LogP contribution in [0, 0.1) is 0 Å². The lowest BCUT2D eigenvalue weighted by molar-refractivity contribution is 0.102. The minimum atomic E-state index is -3.24. The number of sulfone groups is 1. The Morgan fingerprint density at radius 3 is 2.54 bits per heavy atom. The lowest BCUT2D eigenvalue weighted by atomic mass is 10.1. The van der Waals surface area contributed by atoms with Crippen molar-refractivity contribution in [3.8, 4) is 0 Å². The first-order valence-electron chi connectivity index (χ1n) is 7.49. The van der Waals surface area contributed by atoms with E-state index in [4.69, 9.17) is 16.0 Å². The Morgan fingerprint density at radius 2 is 1.88 bits per heavy atom. The van der Waals surface area contributed by atoms with Gasteiger partial charge in [0.25, 0.3) is 5.91 Å². The number of carbonyl (C=O) groups excluding carboxylic acids is 1. The number of rotatable bonds is 5. The van der Waals surface area contributed by atoms with Gasteiger partial charge in [0.15, 0.2) is 9.84 Å². The van der Waals surface area contributed by atoms with E-state index in [1.165, 1.54) is 18.2 Å². The maximum Gasteiger partial charge on any atom is 0.322 e. The summed E-state index contributed by atoms with van der Waals surface area (Å²) in [5, 5.41) is 10.6. The Bertz CT molecular complexity index is 1050.